The average Bonchev–Trinajstić information content (AvgIpc) is 3.26. The van der Waals surface area contributed by atoms with E-state index in [1.54, 1.807) is 30.3 Å². The molecular weight excluding hydrogens is 330 g/mol. The van der Waals surface area contributed by atoms with Gasteiger partial charge in [-0.3, -0.25) is 0 Å². The second-order valence-electron chi connectivity index (χ2n) is 5.49. The van der Waals surface area contributed by atoms with Gasteiger partial charge < -0.3 is 13.9 Å². The first-order valence-electron chi connectivity index (χ1n) is 7.27. The largest absolute Gasteiger partial charge is 0.472 e. The highest BCUT2D eigenvalue weighted by Gasteiger charge is 2.37. The fourth-order valence-corrected chi connectivity index (χ4v) is 3.57. The number of aryl methyl sites for hydroxylation is 1. The molecule has 2 N–H and O–H groups in total. The van der Waals surface area contributed by atoms with E-state index in [4.69, 9.17) is 8.83 Å². The van der Waals surface area contributed by atoms with Crippen LogP contribution in [0.4, 0.5) is 0 Å². The molecule has 0 bridgehead atoms. The predicted octanol–water partition coefficient (Wildman–Crippen LogP) is 2.40. The van der Waals surface area contributed by atoms with Crippen LogP contribution in [0.1, 0.15) is 16.9 Å². The molecule has 1 unspecified atom stereocenters. The molecule has 0 aliphatic rings. The lowest BCUT2D eigenvalue weighted by molar-refractivity contribution is 0.0613. The van der Waals surface area contributed by atoms with Crippen LogP contribution in [0.15, 0.2) is 75.0 Å². The highest BCUT2D eigenvalue weighted by molar-refractivity contribution is 7.89. The van der Waals surface area contributed by atoms with Crippen molar-refractivity contribution in [3.8, 4) is 0 Å². The van der Waals surface area contributed by atoms with Crippen LogP contribution in [0.25, 0.3) is 0 Å². The summed E-state index contributed by atoms with van der Waals surface area (Å²) in [5, 5.41) is 11.0. The highest BCUT2D eigenvalue weighted by atomic mass is 32.2. The molecule has 0 aliphatic heterocycles. The Morgan fingerprint density at radius 3 is 2.62 bits per heavy atom. The number of benzene rings is 1. The first-order chi connectivity index (χ1) is 11.4. The molecule has 2 heterocycles. The zero-order chi connectivity index (χ0) is 17.2. The summed E-state index contributed by atoms with van der Waals surface area (Å²) >= 11 is 0. The van der Waals surface area contributed by atoms with Crippen molar-refractivity contribution in [1.29, 1.82) is 0 Å². The smallest absolute Gasteiger partial charge is 0.240 e. The molecule has 0 aliphatic carbocycles. The van der Waals surface area contributed by atoms with Crippen LogP contribution in [-0.4, -0.2) is 20.1 Å². The van der Waals surface area contributed by atoms with Crippen molar-refractivity contribution in [2.24, 2.45) is 0 Å². The van der Waals surface area contributed by atoms with Gasteiger partial charge in [-0.1, -0.05) is 12.1 Å². The minimum atomic E-state index is -3.78. The van der Waals surface area contributed by atoms with E-state index in [1.807, 2.05) is 13.0 Å². The van der Waals surface area contributed by atoms with Crippen molar-refractivity contribution in [2.75, 3.05) is 6.54 Å². The van der Waals surface area contributed by atoms with E-state index in [9.17, 15) is 13.5 Å². The lowest BCUT2D eigenvalue weighted by Crippen LogP contribution is -2.41. The molecule has 0 spiro atoms. The summed E-state index contributed by atoms with van der Waals surface area (Å²) in [6, 6.07) is 11.3. The fourth-order valence-electron chi connectivity index (χ4n) is 2.41. The monoisotopic (exact) mass is 347 g/mol. The van der Waals surface area contributed by atoms with Crippen molar-refractivity contribution in [3.05, 3.63) is 78.1 Å². The summed E-state index contributed by atoms with van der Waals surface area (Å²) in [6.45, 7) is 1.51. The van der Waals surface area contributed by atoms with Crippen LogP contribution in [0.2, 0.25) is 0 Å². The molecule has 1 aromatic carbocycles. The summed E-state index contributed by atoms with van der Waals surface area (Å²) in [6.07, 6.45) is 4.16. The Balaban J connectivity index is 1.90. The number of hydrogen-bond donors (Lipinski definition) is 2. The molecule has 3 rings (SSSR count). The Kier molecular flexibility index (Phi) is 4.31. The van der Waals surface area contributed by atoms with Crippen LogP contribution < -0.4 is 4.72 Å². The topological polar surface area (TPSA) is 92.7 Å². The van der Waals surface area contributed by atoms with Gasteiger partial charge in [0.1, 0.15) is 5.76 Å². The summed E-state index contributed by atoms with van der Waals surface area (Å²) < 4.78 is 37.7. The molecule has 0 saturated heterocycles. The maximum absolute atomic E-state index is 12.5. The standard InChI is InChI=1S/C17H17NO5S/c1-13-4-2-5-15(10-13)24(20,21)18-12-17(19,14-7-9-22-11-14)16-6-3-8-23-16/h2-11,18-19H,12H2,1H3. The van der Waals surface area contributed by atoms with Crippen molar-refractivity contribution < 1.29 is 22.4 Å². The van der Waals surface area contributed by atoms with Crippen LogP contribution in [0.5, 0.6) is 0 Å². The van der Waals surface area contributed by atoms with Gasteiger partial charge in [-0.15, -0.1) is 0 Å². The van der Waals surface area contributed by atoms with Crippen molar-refractivity contribution in [3.63, 3.8) is 0 Å². The zero-order valence-electron chi connectivity index (χ0n) is 13.0. The van der Waals surface area contributed by atoms with Gasteiger partial charge in [-0.05, 0) is 42.8 Å². The Morgan fingerprint density at radius 1 is 1.17 bits per heavy atom. The van der Waals surface area contributed by atoms with Gasteiger partial charge in [0, 0.05) is 5.56 Å². The Labute approximate surface area is 139 Å². The van der Waals surface area contributed by atoms with E-state index in [-0.39, 0.29) is 17.2 Å². The van der Waals surface area contributed by atoms with Crippen LogP contribution in [-0.2, 0) is 15.6 Å². The zero-order valence-corrected chi connectivity index (χ0v) is 13.8. The average molecular weight is 347 g/mol. The third kappa shape index (κ3) is 3.14. The third-order valence-corrected chi connectivity index (χ3v) is 5.14. The van der Waals surface area contributed by atoms with Gasteiger partial charge in [0.2, 0.25) is 10.0 Å². The highest BCUT2D eigenvalue weighted by Crippen LogP contribution is 2.30. The molecule has 2 aromatic heterocycles. The third-order valence-electron chi connectivity index (χ3n) is 3.75. The number of rotatable bonds is 6. The molecule has 126 valence electrons. The maximum Gasteiger partial charge on any atom is 0.240 e. The van der Waals surface area contributed by atoms with Crippen molar-refractivity contribution in [2.45, 2.75) is 17.4 Å². The normalized spacial score (nSPS) is 14.4. The van der Waals surface area contributed by atoms with E-state index >= 15 is 0 Å². The molecule has 3 aromatic rings. The van der Waals surface area contributed by atoms with Gasteiger partial charge in [0.15, 0.2) is 5.60 Å². The van der Waals surface area contributed by atoms with E-state index in [0.717, 1.165) is 5.56 Å². The molecule has 24 heavy (non-hydrogen) atoms. The summed E-state index contributed by atoms with van der Waals surface area (Å²) in [5.41, 5.74) is -0.452. The summed E-state index contributed by atoms with van der Waals surface area (Å²) in [5.74, 6) is 0.218. The molecule has 1 atom stereocenters. The minimum Gasteiger partial charge on any atom is -0.472 e. The summed E-state index contributed by atoms with van der Waals surface area (Å²) in [4.78, 5) is 0.136. The predicted molar refractivity (Wildman–Crippen MR) is 86.8 cm³/mol. The quantitative estimate of drug-likeness (QED) is 0.714. The van der Waals surface area contributed by atoms with E-state index in [0.29, 0.717) is 5.56 Å². The molecule has 0 saturated carbocycles. The number of aliphatic hydroxyl groups is 1. The number of furan rings is 2. The van der Waals surface area contributed by atoms with Crippen LogP contribution >= 0.6 is 0 Å². The maximum atomic E-state index is 12.5. The second-order valence-corrected chi connectivity index (χ2v) is 7.26. The summed E-state index contributed by atoms with van der Waals surface area (Å²) in [7, 11) is -3.78. The van der Waals surface area contributed by atoms with Gasteiger partial charge in [-0.25, -0.2) is 13.1 Å². The lowest BCUT2D eigenvalue weighted by atomic mass is 9.94. The Morgan fingerprint density at radius 2 is 2.00 bits per heavy atom. The van der Waals surface area contributed by atoms with Crippen molar-refractivity contribution >= 4 is 10.0 Å². The van der Waals surface area contributed by atoms with Gasteiger partial charge in [0.05, 0.1) is 30.2 Å². The minimum absolute atomic E-state index is 0.136. The van der Waals surface area contributed by atoms with E-state index in [1.165, 1.54) is 24.9 Å². The van der Waals surface area contributed by atoms with Crippen LogP contribution in [0.3, 0.4) is 0 Å². The van der Waals surface area contributed by atoms with Crippen molar-refractivity contribution in [1.82, 2.24) is 4.72 Å². The SMILES string of the molecule is Cc1cccc(S(=O)(=O)NCC(O)(c2ccoc2)c2ccco2)c1. The van der Waals surface area contributed by atoms with Crippen LogP contribution in [0, 0.1) is 6.92 Å². The first kappa shape index (κ1) is 16.5. The molecule has 0 fully saturated rings. The Hall–Kier alpha value is -2.35. The fraction of sp³-hybridized carbons (Fsp3) is 0.176. The first-order valence-corrected chi connectivity index (χ1v) is 8.75. The number of nitrogens with one attached hydrogen (secondary N) is 1. The van der Waals surface area contributed by atoms with Gasteiger partial charge in [0.25, 0.3) is 0 Å². The van der Waals surface area contributed by atoms with Gasteiger partial charge >= 0.3 is 0 Å². The molecule has 6 nitrogen and oxygen atoms in total. The molecule has 0 radical (unpaired) electrons. The van der Waals surface area contributed by atoms with E-state index in [2.05, 4.69) is 4.72 Å². The molecule has 0 amide bonds. The number of hydrogen-bond acceptors (Lipinski definition) is 5. The van der Waals surface area contributed by atoms with E-state index < -0.39 is 15.6 Å². The lowest BCUT2D eigenvalue weighted by Gasteiger charge is -2.25. The number of sulfonamides is 1. The molecule has 7 heteroatoms. The molecular formula is C17H17NO5S. The second kappa shape index (κ2) is 6.27. The van der Waals surface area contributed by atoms with Gasteiger partial charge in [-0.2, -0.15) is 0 Å². The Bertz CT molecular complexity index is 864.